The zero-order valence-corrected chi connectivity index (χ0v) is 10.4. The Balaban J connectivity index is 2.26. The van der Waals surface area contributed by atoms with Gasteiger partial charge in [0.15, 0.2) is 11.0 Å². The van der Waals surface area contributed by atoms with Crippen molar-refractivity contribution in [1.29, 1.82) is 0 Å². The van der Waals surface area contributed by atoms with Gasteiger partial charge in [0.1, 0.15) is 5.69 Å². The Labute approximate surface area is 105 Å². The molecular weight excluding hydrogens is 224 g/mol. The molecule has 0 bridgehead atoms. The molecule has 0 aliphatic heterocycles. The number of fused-ring (bicyclic) bond motifs is 1. The molecule has 0 spiro atoms. The fraction of sp³-hybridized carbons (Fsp3) is 0.133. The monoisotopic (exact) mass is 238 g/mol. The lowest BCUT2D eigenvalue weighted by molar-refractivity contribution is -0.577. The van der Waals surface area contributed by atoms with E-state index in [-0.39, 0.29) is 0 Å². The van der Waals surface area contributed by atoms with Crippen LogP contribution in [0.4, 0.5) is 0 Å². The molecule has 0 aliphatic carbocycles. The third-order valence-electron chi connectivity index (χ3n) is 3.16. The molecule has 90 valence electrons. The first kappa shape index (κ1) is 10.8. The minimum atomic E-state index is 0.704. The maximum atomic E-state index is 11.9. The first-order valence-corrected chi connectivity index (χ1v) is 5.93. The van der Waals surface area contributed by atoms with Crippen molar-refractivity contribution in [2.24, 2.45) is 0 Å². The van der Waals surface area contributed by atoms with Gasteiger partial charge in [0.25, 0.3) is 6.33 Å². The van der Waals surface area contributed by atoms with E-state index in [4.69, 9.17) is 0 Å². The number of hydrogen-bond acceptors (Lipinski definition) is 1. The maximum Gasteiger partial charge on any atom is 0.253 e. The predicted molar refractivity (Wildman–Crippen MR) is 71.7 cm³/mol. The van der Waals surface area contributed by atoms with Crippen LogP contribution in [0.15, 0.2) is 48.8 Å². The SMILES string of the molecule is Cc1ccc(-n2c[n+]([O-])c3cc(C)ccc32)cc1. The molecule has 0 saturated carbocycles. The number of nitrogens with zero attached hydrogens (tertiary/aromatic N) is 2. The van der Waals surface area contributed by atoms with Crippen LogP contribution < -0.4 is 4.73 Å². The molecule has 0 atom stereocenters. The molecule has 0 aliphatic rings. The van der Waals surface area contributed by atoms with Crippen LogP contribution in [0.25, 0.3) is 16.7 Å². The van der Waals surface area contributed by atoms with Crippen LogP contribution >= 0.6 is 0 Å². The Morgan fingerprint density at radius 3 is 2.33 bits per heavy atom. The van der Waals surface area contributed by atoms with Crippen LogP contribution in [0.3, 0.4) is 0 Å². The average molecular weight is 238 g/mol. The highest BCUT2D eigenvalue weighted by Gasteiger charge is 2.13. The minimum absolute atomic E-state index is 0.704. The molecule has 18 heavy (non-hydrogen) atoms. The van der Waals surface area contributed by atoms with Crippen molar-refractivity contribution < 1.29 is 4.73 Å². The van der Waals surface area contributed by atoms with E-state index >= 15 is 0 Å². The topological polar surface area (TPSA) is 31.9 Å². The quantitative estimate of drug-likeness (QED) is 0.474. The van der Waals surface area contributed by atoms with Crippen LogP contribution in [0.2, 0.25) is 0 Å². The van der Waals surface area contributed by atoms with Gasteiger partial charge >= 0.3 is 0 Å². The smallest absolute Gasteiger partial charge is 0.253 e. The summed E-state index contributed by atoms with van der Waals surface area (Å²) >= 11 is 0. The summed E-state index contributed by atoms with van der Waals surface area (Å²) < 4.78 is 2.84. The Hall–Kier alpha value is -2.29. The van der Waals surface area contributed by atoms with E-state index in [2.05, 4.69) is 6.92 Å². The summed E-state index contributed by atoms with van der Waals surface area (Å²) in [5.74, 6) is 0. The summed E-state index contributed by atoms with van der Waals surface area (Å²) in [6.45, 7) is 4.04. The molecule has 2 aromatic carbocycles. The number of imidazole rings is 1. The molecule has 3 rings (SSSR count). The second-order valence-electron chi connectivity index (χ2n) is 4.64. The molecule has 1 aromatic heterocycles. The predicted octanol–water partition coefficient (Wildman–Crippen LogP) is 2.88. The third-order valence-corrected chi connectivity index (χ3v) is 3.16. The van der Waals surface area contributed by atoms with Crippen LogP contribution in [-0.2, 0) is 0 Å². The van der Waals surface area contributed by atoms with Gasteiger partial charge in [-0.25, -0.2) is 4.73 Å². The molecule has 0 fully saturated rings. The highest BCUT2D eigenvalue weighted by molar-refractivity contribution is 5.75. The Kier molecular flexibility index (Phi) is 2.33. The first-order chi connectivity index (χ1) is 8.65. The number of aromatic nitrogens is 2. The highest BCUT2D eigenvalue weighted by Crippen LogP contribution is 2.18. The van der Waals surface area contributed by atoms with E-state index in [0.717, 1.165) is 21.5 Å². The summed E-state index contributed by atoms with van der Waals surface area (Å²) in [5.41, 5.74) is 4.94. The lowest BCUT2D eigenvalue weighted by Gasteiger charge is -1.98. The van der Waals surface area contributed by atoms with E-state index in [1.165, 1.54) is 5.56 Å². The van der Waals surface area contributed by atoms with Gasteiger partial charge in [-0.3, -0.25) is 0 Å². The van der Waals surface area contributed by atoms with Crippen LogP contribution in [0.5, 0.6) is 0 Å². The Morgan fingerprint density at radius 2 is 1.61 bits per heavy atom. The fourth-order valence-electron chi connectivity index (χ4n) is 2.15. The van der Waals surface area contributed by atoms with Gasteiger partial charge in [0, 0.05) is 0 Å². The largest absolute Gasteiger partial charge is 0.710 e. The normalized spacial score (nSPS) is 11.0. The van der Waals surface area contributed by atoms with Crippen LogP contribution in [0, 0.1) is 19.1 Å². The molecule has 3 heteroatoms. The maximum absolute atomic E-state index is 11.9. The molecule has 0 unspecified atom stereocenters. The molecular formula is C15H14N2O. The number of benzene rings is 2. The second kappa shape index (κ2) is 3.88. The molecule has 3 nitrogen and oxygen atoms in total. The van der Waals surface area contributed by atoms with Crippen molar-refractivity contribution in [3.05, 3.63) is 65.1 Å². The fourth-order valence-corrected chi connectivity index (χ4v) is 2.15. The Bertz CT molecular complexity index is 711. The van der Waals surface area contributed by atoms with Crippen molar-refractivity contribution in [1.82, 2.24) is 4.57 Å². The molecule has 1 heterocycles. The van der Waals surface area contributed by atoms with Crippen molar-refractivity contribution in [2.75, 3.05) is 0 Å². The number of hydrogen-bond donors (Lipinski definition) is 0. The van der Waals surface area contributed by atoms with Crippen molar-refractivity contribution in [3.8, 4) is 5.69 Å². The molecule has 0 N–H and O–H groups in total. The molecule has 3 aromatic rings. The van der Waals surface area contributed by atoms with Crippen molar-refractivity contribution >= 4 is 11.0 Å². The van der Waals surface area contributed by atoms with Crippen LogP contribution in [0.1, 0.15) is 11.1 Å². The molecule has 0 saturated heterocycles. The summed E-state index contributed by atoms with van der Waals surface area (Å²) in [5, 5.41) is 11.9. The van der Waals surface area contributed by atoms with Gasteiger partial charge in [-0.2, -0.15) is 4.57 Å². The standard InChI is InChI=1S/C15H14N2O/c1-11-3-6-13(7-4-11)16-10-17(18)15-9-12(2)5-8-14(15)16/h3-10H,1-2H3. The lowest BCUT2D eigenvalue weighted by Crippen LogP contribution is -2.23. The van der Waals surface area contributed by atoms with Gasteiger partial charge < -0.3 is 5.21 Å². The van der Waals surface area contributed by atoms with Crippen molar-refractivity contribution in [2.45, 2.75) is 13.8 Å². The summed E-state index contributed by atoms with van der Waals surface area (Å²) in [6, 6.07) is 14.1. The van der Waals surface area contributed by atoms with Gasteiger partial charge in [0.05, 0.1) is 0 Å². The Morgan fingerprint density at radius 1 is 0.944 bits per heavy atom. The zero-order chi connectivity index (χ0) is 12.7. The van der Waals surface area contributed by atoms with Gasteiger partial charge in [-0.1, -0.05) is 23.8 Å². The van der Waals surface area contributed by atoms with E-state index in [1.807, 2.05) is 54.0 Å². The second-order valence-corrected chi connectivity index (χ2v) is 4.64. The minimum Gasteiger partial charge on any atom is -0.710 e. The summed E-state index contributed by atoms with van der Waals surface area (Å²) in [7, 11) is 0. The molecule has 0 amide bonds. The summed E-state index contributed by atoms with van der Waals surface area (Å²) in [4.78, 5) is 0. The highest BCUT2D eigenvalue weighted by atomic mass is 16.5. The van der Waals surface area contributed by atoms with Gasteiger partial charge in [0.2, 0.25) is 0 Å². The average Bonchev–Trinajstić information content (AvgIpc) is 2.68. The van der Waals surface area contributed by atoms with E-state index < -0.39 is 0 Å². The van der Waals surface area contributed by atoms with Crippen LogP contribution in [-0.4, -0.2) is 4.57 Å². The first-order valence-electron chi connectivity index (χ1n) is 5.93. The van der Waals surface area contributed by atoms with Gasteiger partial charge in [-0.15, -0.1) is 0 Å². The number of aryl methyl sites for hydroxylation is 2. The van der Waals surface area contributed by atoms with E-state index in [1.54, 1.807) is 6.33 Å². The molecule has 0 radical (unpaired) electrons. The lowest BCUT2D eigenvalue weighted by atomic mass is 10.2. The van der Waals surface area contributed by atoms with E-state index in [0.29, 0.717) is 5.52 Å². The third kappa shape index (κ3) is 1.64. The van der Waals surface area contributed by atoms with Crippen molar-refractivity contribution in [3.63, 3.8) is 0 Å². The van der Waals surface area contributed by atoms with E-state index in [9.17, 15) is 5.21 Å². The van der Waals surface area contributed by atoms with Gasteiger partial charge in [-0.05, 0) is 43.7 Å². The zero-order valence-electron chi connectivity index (χ0n) is 10.4. The summed E-state index contributed by atoms with van der Waals surface area (Å²) in [6.07, 6.45) is 1.58. The number of rotatable bonds is 1.